The Balaban J connectivity index is 1.19. The van der Waals surface area contributed by atoms with Crippen LogP contribution in [0.3, 0.4) is 0 Å². The number of nitrogens with two attached hydrogens (primary N) is 1. The minimum absolute atomic E-state index is 0.305. The number of hydrogen-bond acceptors (Lipinski definition) is 7. The molecule has 2 aliphatic heterocycles. The standard InChI is InChI=1S/C28H41FN6O/c1-2-20-10-13-35(18-20)22-8-6-21(7-9-22)33-27-16-23(24(29)17-31-27)25-4-3-5-26(34-25)32-19-28(30)11-14-36-15-12-28/h3-5,16-17,20-22H,2,6-15,18-19,30H2,1H3,(H,31,33)(H,32,34)/t20?,21-,22-. The van der Waals surface area contributed by atoms with Gasteiger partial charge in [-0.25, -0.2) is 14.4 Å². The molecular formula is C28H41FN6O. The van der Waals surface area contributed by atoms with Crippen molar-refractivity contribution in [1.82, 2.24) is 14.9 Å². The summed E-state index contributed by atoms with van der Waals surface area (Å²) >= 11 is 0. The first-order valence-corrected chi connectivity index (χ1v) is 13.8. The molecule has 2 saturated heterocycles. The minimum Gasteiger partial charge on any atom is -0.381 e. The fourth-order valence-corrected chi connectivity index (χ4v) is 5.94. The van der Waals surface area contributed by atoms with Gasteiger partial charge in [0.1, 0.15) is 11.6 Å². The van der Waals surface area contributed by atoms with Gasteiger partial charge >= 0.3 is 0 Å². The number of anilines is 2. The normalized spacial score (nSPS) is 26.6. The van der Waals surface area contributed by atoms with E-state index in [1.165, 1.54) is 45.0 Å². The molecule has 8 heteroatoms. The summed E-state index contributed by atoms with van der Waals surface area (Å²) in [5.74, 6) is 1.92. The van der Waals surface area contributed by atoms with Crippen LogP contribution in [0.2, 0.25) is 0 Å². The molecule has 4 N–H and O–H groups in total. The van der Waals surface area contributed by atoms with Crippen LogP contribution in [-0.2, 0) is 4.74 Å². The average molecular weight is 497 g/mol. The summed E-state index contributed by atoms with van der Waals surface area (Å²) in [6.45, 7) is 6.81. The van der Waals surface area contributed by atoms with Gasteiger partial charge in [-0.05, 0) is 75.6 Å². The van der Waals surface area contributed by atoms with Crippen LogP contribution in [0.1, 0.15) is 58.3 Å². The second kappa shape index (κ2) is 11.4. The van der Waals surface area contributed by atoms with E-state index in [9.17, 15) is 4.39 Å². The van der Waals surface area contributed by atoms with Gasteiger partial charge in [0.2, 0.25) is 0 Å². The largest absolute Gasteiger partial charge is 0.381 e. The molecule has 3 aliphatic rings. The maximum atomic E-state index is 14.8. The summed E-state index contributed by atoms with van der Waals surface area (Å²) < 4.78 is 20.2. The second-order valence-corrected chi connectivity index (χ2v) is 11.0. The predicted molar refractivity (Wildman–Crippen MR) is 143 cm³/mol. The zero-order chi connectivity index (χ0) is 25.0. The van der Waals surface area contributed by atoms with Crippen LogP contribution in [0.25, 0.3) is 11.3 Å². The summed E-state index contributed by atoms with van der Waals surface area (Å²) in [4.78, 5) is 11.7. The Labute approximate surface area is 214 Å². The lowest BCUT2D eigenvalue weighted by Gasteiger charge is -2.35. The third-order valence-corrected chi connectivity index (χ3v) is 8.45. The van der Waals surface area contributed by atoms with Gasteiger partial charge in [0.25, 0.3) is 0 Å². The monoisotopic (exact) mass is 496 g/mol. The van der Waals surface area contributed by atoms with Crippen molar-refractivity contribution in [3.63, 3.8) is 0 Å². The lowest BCUT2D eigenvalue weighted by Crippen LogP contribution is -2.50. The molecule has 2 aromatic rings. The Kier molecular flexibility index (Phi) is 8.03. The fourth-order valence-electron chi connectivity index (χ4n) is 5.94. The van der Waals surface area contributed by atoms with Gasteiger partial charge in [-0.3, -0.25) is 0 Å². The molecule has 36 heavy (non-hydrogen) atoms. The van der Waals surface area contributed by atoms with E-state index in [2.05, 4.69) is 32.4 Å². The van der Waals surface area contributed by atoms with Crippen molar-refractivity contribution >= 4 is 11.6 Å². The summed E-state index contributed by atoms with van der Waals surface area (Å²) in [5.41, 5.74) is 7.24. The summed E-state index contributed by atoms with van der Waals surface area (Å²) in [7, 11) is 0. The molecule has 5 rings (SSSR count). The van der Waals surface area contributed by atoms with E-state index in [0.717, 1.165) is 31.6 Å². The highest BCUT2D eigenvalue weighted by Gasteiger charge is 2.31. The number of ether oxygens (including phenoxy) is 1. The molecule has 1 atom stereocenters. The van der Waals surface area contributed by atoms with Crippen LogP contribution < -0.4 is 16.4 Å². The van der Waals surface area contributed by atoms with Gasteiger partial charge in [0, 0.05) is 49.5 Å². The molecule has 4 heterocycles. The third kappa shape index (κ3) is 6.15. The van der Waals surface area contributed by atoms with Gasteiger partial charge < -0.3 is 26.0 Å². The number of aromatic nitrogens is 2. The maximum absolute atomic E-state index is 14.8. The van der Waals surface area contributed by atoms with Gasteiger partial charge in [-0.1, -0.05) is 19.4 Å². The van der Waals surface area contributed by atoms with Crippen molar-refractivity contribution in [3.05, 3.63) is 36.3 Å². The molecule has 0 aromatic carbocycles. The molecule has 196 valence electrons. The van der Waals surface area contributed by atoms with Crippen LogP contribution in [0.15, 0.2) is 30.5 Å². The smallest absolute Gasteiger partial charge is 0.151 e. The summed E-state index contributed by atoms with van der Waals surface area (Å²) in [6, 6.07) is 8.51. The van der Waals surface area contributed by atoms with Crippen LogP contribution in [0.4, 0.5) is 16.0 Å². The molecule has 7 nitrogen and oxygen atoms in total. The molecule has 3 fully saturated rings. The quantitative estimate of drug-likeness (QED) is 0.490. The number of pyridine rings is 2. The highest BCUT2D eigenvalue weighted by Crippen LogP contribution is 2.31. The van der Waals surface area contributed by atoms with Crippen molar-refractivity contribution in [3.8, 4) is 11.3 Å². The van der Waals surface area contributed by atoms with E-state index >= 15 is 0 Å². The lowest BCUT2D eigenvalue weighted by molar-refractivity contribution is 0.0574. The van der Waals surface area contributed by atoms with Gasteiger partial charge in [0.05, 0.1) is 11.9 Å². The van der Waals surface area contributed by atoms with Crippen molar-refractivity contribution in [2.24, 2.45) is 11.7 Å². The van der Waals surface area contributed by atoms with Crippen molar-refractivity contribution in [2.45, 2.75) is 75.9 Å². The van der Waals surface area contributed by atoms with Crippen molar-refractivity contribution < 1.29 is 9.13 Å². The predicted octanol–water partition coefficient (Wildman–Crippen LogP) is 4.66. The van der Waals surface area contributed by atoms with E-state index in [1.807, 2.05) is 18.2 Å². The molecule has 1 saturated carbocycles. The SMILES string of the molecule is CCC1CCN([C@H]2CC[C@H](Nc3cc(-c4cccc(NCC5(N)CCOCC5)n4)c(F)cn3)CC2)C1. The number of nitrogens with zero attached hydrogens (tertiary/aromatic N) is 3. The van der Waals surface area contributed by atoms with Crippen molar-refractivity contribution in [2.75, 3.05) is 43.5 Å². The van der Waals surface area contributed by atoms with Crippen LogP contribution in [0, 0.1) is 11.7 Å². The average Bonchev–Trinajstić information content (AvgIpc) is 3.39. The Morgan fingerprint density at radius 2 is 1.94 bits per heavy atom. The topological polar surface area (TPSA) is 88.3 Å². The molecular weight excluding hydrogens is 455 g/mol. The highest BCUT2D eigenvalue weighted by molar-refractivity contribution is 5.65. The minimum atomic E-state index is -0.367. The van der Waals surface area contributed by atoms with Gasteiger partial charge in [-0.15, -0.1) is 0 Å². The van der Waals surface area contributed by atoms with Crippen molar-refractivity contribution in [1.29, 1.82) is 0 Å². The molecule has 2 aromatic heterocycles. The lowest BCUT2D eigenvalue weighted by atomic mass is 9.90. The highest BCUT2D eigenvalue weighted by atomic mass is 19.1. The van der Waals surface area contributed by atoms with E-state index in [4.69, 9.17) is 10.5 Å². The maximum Gasteiger partial charge on any atom is 0.151 e. The van der Waals surface area contributed by atoms with E-state index < -0.39 is 0 Å². The van der Waals surface area contributed by atoms with E-state index in [0.29, 0.717) is 54.7 Å². The van der Waals surface area contributed by atoms with Crippen LogP contribution in [-0.4, -0.2) is 65.3 Å². The number of hydrogen-bond donors (Lipinski definition) is 3. The molecule has 1 aliphatic carbocycles. The zero-order valence-electron chi connectivity index (χ0n) is 21.5. The molecule has 0 spiro atoms. The van der Waals surface area contributed by atoms with Gasteiger partial charge in [-0.2, -0.15) is 0 Å². The Morgan fingerprint density at radius 3 is 2.69 bits per heavy atom. The van der Waals surface area contributed by atoms with E-state index in [1.54, 1.807) is 6.07 Å². The Bertz CT molecular complexity index is 1010. The zero-order valence-corrected chi connectivity index (χ0v) is 21.5. The fraction of sp³-hybridized carbons (Fsp3) is 0.643. The molecule has 0 radical (unpaired) electrons. The Hall–Kier alpha value is -2.29. The summed E-state index contributed by atoms with van der Waals surface area (Å²) in [6.07, 6.45) is 10.2. The number of likely N-dealkylation sites (tertiary alicyclic amines) is 1. The number of halogens is 1. The van der Waals surface area contributed by atoms with Crippen LogP contribution >= 0.6 is 0 Å². The van der Waals surface area contributed by atoms with E-state index in [-0.39, 0.29) is 11.4 Å². The number of nitrogens with one attached hydrogen (secondary N) is 2. The first kappa shape index (κ1) is 25.4. The number of rotatable bonds is 8. The van der Waals surface area contributed by atoms with Gasteiger partial charge in [0.15, 0.2) is 5.82 Å². The molecule has 0 amide bonds. The third-order valence-electron chi connectivity index (χ3n) is 8.45. The second-order valence-electron chi connectivity index (χ2n) is 11.0. The first-order valence-electron chi connectivity index (χ1n) is 13.8. The Morgan fingerprint density at radius 1 is 1.14 bits per heavy atom. The summed E-state index contributed by atoms with van der Waals surface area (Å²) in [5, 5.41) is 6.92. The van der Waals surface area contributed by atoms with Crippen LogP contribution in [0.5, 0.6) is 0 Å². The molecule has 1 unspecified atom stereocenters. The molecule has 0 bridgehead atoms. The first-order chi connectivity index (χ1) is 17.5.